The minimum absolute atomic E-state index is 0.479. The van der Waals surface area contributed by atoms with E-state index < -0.39 is 0 Å². The predicted octanol–water partition coefficient (Wildman–Crippen LogP) is 1.93. The second kappa shape index (κ2) is 3.58. The average Bonchev–Trinajstić information content (AvgIpc) is 2.44. The fraction of sp³-hybridized carbons (Fsp3) is 1.00. The van der Waals surface area contributed by atoms with Gasteiger partial charge < -0.3 is 10.5 Å². The van der Waals surface area contributed by atoms with Gasteiger partial charge in [0.05, 0.1) is 6.10 Å². The van der Waals surface area contributed by atoms with Crippen molar-refractivity contribution in [2.75, 3.05) is 13.2 Å². The first kappa shape index (κ1) is 9.47. The molecule has 1 heterocycles. The molecule has 0 aromatic heterocycles. The Morgan fingerprint density at radius 3 is 2.62 bits per heavy atom. The molecule has 2 nitrogen and oxygen atoms in total. The standard InChI is InChI=1S/C11H21NO/c1-9-10(3-8-13-9)11(6-7-12)4-2-5-11/h9-10H,2-8,12H2,1H3. The zero-order chi connectivity index (χ0) is 9.31. The zero-order valence-electron chi connectivity index (χ0n) is 8.59. The Labute approximate surface area is 80.8 Å². The fourth-order valence-corrected chi connectivity index (χ4v) is 3.26. The molecule has 0 radical (unpaired) electrons. The summed E-state index contributed by atoms with van der Waals surface area (Å²) >= 11 is 0. The van der Waals surface area contributed by atoms with Crippen molar-refractivity contribution in [3.63, 3.8) is 0 Å². The number of ether oxygens (including phenoxy) is 1. The highest BCUT2D eigenvalue weighted by atomic mass is 16.5. The van der Waals surface area contributed by atoms with Crippen molar-refractivity contribution in [1.29, 1.82) is 0 Å². The van der Waals surface area contributed by atoms with E-state index in [2.05, 4.69) is 6.92 Å². The predicted molar refractivity (Wildman–Crippen MR) is 53.5 cm³/mol. The Morgan fingerprint density at radius 1 is 1.46 bits per heavy atom. The normalized spacial score (nSPS) is 37.4. The molecule has 2 aliphatic rings. The van der Waals surface area contributed by atoms with Gasteiger partial charge in [-0.3, -0.25) is 0 Å². The van der Waals surface area contributed by atoms with E-state index in [-0.39, 0.29) is 0 Å². The van der Waals surface area contributed by atoms with E-state index in [4.69, 9.17) is 10.5 Å². The zero-order valence-corrected chi connectivity index (χ0v) is 8.59. The van der Waals surface area contributed by atoms with E-state index in [1.165, 1.54) is 32.1 Å². The number of rotatable bonds is 3. The first-order chi connectivity index (χ1) is 6.28. The molecule has 2 rings (SSSR count). The molecule has 1 saturated carbocycles. The summed E-state index contributed by atoms with van der Waals surface area (Å²) in [5.74, 6) is 0.796. The van der Waals surface area contributed by atoms with Crippen LogP contribution in [0.1, 0.15) is 39.0 Å². The monoisotopic (exact) mass is 183 g/mol. The van der Waals surface area contributed by atoms with Gasteiger partial charge in [0.2, 0.25) is 0 Å². The topological polar surface area (TPSA) is 35.2 Å². The van der Waals surface area contributed by atoms with E-state index in [9.17, 15) is 0 Å². The van der Waals surface area contributed by atoms with Gasteiger partial charge in [-0.25, -0.2) is 0 Å². The SMILES string of the molecule is CC1OCCC1C1(CCN)CCC1. The molecule has 2 N–H and O–H groups in total. The third kappa shape index (κ3) is 1.50. The van der Waals surface area contributed by atoms with Gasteiger partial charge in [-0.15, -0.1) is 0 Å². The molecular formula is C11H21NO. The largest absolute Gasteiger partial charge is 0.378 e. The molecular weight excluding hydrogens is 162 g/mol. The Hall–Kier alpha value is -0.0800. The van der Waals surface area contributed by atoms with Crippen LogP contribution in [0.15, 0.2) is 0 Å². The summed E-state index contributed by atoms with van der Waals surface area (Å²) in [6.07, 6.45) is 7.15. The van der Waals surface area contributed by atoms with Gasteiger partial charge in [-0.05, 0) is 50.5 Å². The molecule has 0 bridgehead atoms. The van der Waals surface area contributed by atoms with Gasteiger partial charge in [0.1, 0.15) is 0 Å². The van der Waals surface area contributed by atoms with Gasteiger partial charge in [0.15, 0.2) is 0 Å². The van der Waals surface area contributed by atoms with Crippen molar-refractivity contribution in [3.05, 3.63) is 0 Å². The Morgan fingerprint density at radius 2 is 2.23 bits per heavy atom. The van der Waals surface area contributed by atoms with Gasteiger partial charge in [0.25, 0.3) is 0 Å². The molecule has 2 atom stereocenters. The summed E-state index contributed by atoms with van der Waals surface area (Å²) in [6.45, 7) is 4.05. The molecule has 0 aromatic rings. The van der Waals surface area contributed by atoms with E-state index in [0.29, 0.717) is 11.5 Å². The molecule has 0 spiro atoms. The van der Waals surface area contributed by atoms with Crippen LogP contribution in [0.5, 0.6) is 0 Å². The van der Waals surface area contributed by atoms with Crippen LogP contribution < -0.4 is 5.73 Å². The lowest BCUT2D eigenvalue weighted by Gasteiger charge is -2.47. The molecule has 1 aliphatic heterocycles. The summed E-state index contributed by atoms with van der Waals surface area (Å²) in [7, 11) is 0. The maximum absolute atomic E-state index is 5.70. The molecule has 1 saturated heterocycles. The van der Waals surface area contributed by atoms with Crippen molar-refractivity contribution in [2.24, 2.45) is 17.1 Å². The lowest BCUT2D eigenvalue weighted by atomic mass is 9.58. The molecule has 76 valence electrons. The molecule has 2 heteroatoms. The van der Waals surface area contributed by atoms with E-state index >= 15 is 0 Å². The minimum atomic E-state index is 0.479. The Bertz CT molecular complexity index is 177. The number of hydrogen-bond donors (Lipinski definition) is 1. The first-order valence-electron chi connectivity index (χ1n) is 5.60. The Balaban J connectivity index is 2.02. The van der Waals surface area contributed by atoms with Crippen molar-refractivity contribution in [3.8, 4) is 0 Å². The molecule has 0 aromatic carbocycles. The van der Waals surface area contributed by atoms with Crippen LogP contribution in [0.25, 0.3) is 0 Å². The lowest BCUT2D eigenvalue weighted by Crippen LogP contribution is -2.42. The Kier molecular flexibility index (Phi) is 2.61. The maximum atomic E-state index is 5.70. The first-order valence-corrected chi connectivity index (χ1v) is 5.60. The van der Waals surface area contributed by atoms with Gasteiger partial charge in [0, 0.05) is 6.61 Å². The summed E-state index contributed by atoms with van der Waals surface area (Å²) in [5, 5.41) is 0. The van der Waals surface area contributed by atoms with Crippen molar-refractivity contribution in [2.45, 2.75) is 45.1 Å². The number of nitrogens with two attached hydrogens (primary N) is 1. The van der Waals surface area contributed by atoms with E-state index in [1.54, 1.807) is 0 Å². The third-order valence-electron chi connectivity index (χ3n) is 4.15. The van der Waals surface area contributed by atoms with Gasteiger partial charge in [-0.1, -0.05) is 6.42 Å². The van der Waals surface area contributed by atoms with Crippen molar-refractivity contribution < 1.29 is 4.74 Å². The molecule has 1 aliphatic carbocycles. The highest BCUT2D eigenvalue weighted by molar-refractivity contribution is 4.97. The smallest absolute Gasteiger partial charge is 0.0581 e. The molecule has 0 amide bonds. The van der Waals surface area contributed by atoms with Crippen LogP contribution in [0.3, 0.4) is 0 Å². The van der Waals surface area contributed by atoms with Crippen LogP contribution in [-0.2, 0) is 4.74 Å². The molecule has 2 fully saturated rings. The van der Waals surface area contributed by atoms with Crippen molar-refractivity contribution in [1.82, 2.24) is 0 Å². The van der Waals surface area contributed by atoms with Gasteiger partial charge in [-0.2, -0.15) is 0 Å². The summed E-state index contributed by atoms with van der Waals surface area (Å²) in [4.78, 5) is 0. The highest BCUT2D eigenvalue weighted by Crippen LogP contribution is 2.53. The average molecular weight is 183 g/mol. The van der Waals surface area contributed by atoms with Crippen LogP contribution in [0.4, 0.5) is 0 Å². The third-order valence-corrected chi connectivity index (χ3v) is 4.15. The summed E-state index contributed by atoms with van der Waals surface area (Å²) in [6, 6.07) is 0. The lowest BCUT2D eigenvalue weighted by molar-refractivity contribution is -0.00467. The molecule has 13 heavy (non-hydrogen) atoms. The highest BCUT2D eigenvalue weighted by Gasteiger charge is 2.47. The maximum Gasteiger partial charge on any atom is 0.0581 e. The molecule has 2 unspecified atom stereocenters. The van der Waals surface area contributed by atoms with Gasteiger partial charge >= 0.3 is 0 Å². The summed E-state index contributed by atoms with van der Waals surface area (Å²) in [5.41, 5.74) is 6.27. The van der Waals surface area contributed by atoms with E-state index in [1.807, 2.05) is 0 Å². The van der Waals surface area contributed by atoms with E-state index in [0.717, 1.165) is 19.1 Å². The van der Waals surface area contributed by atoms with Crippen molar-refractivity contribution >= 4 is 0 Å². The van der Waals surface area contributed by atoms with Crippen LogP contribution >= 0.6 is 0 Å². The van der Waals surface area contributed by atoms with Crippen LogP contribution in [0.2, 0.25) is 0 Å². The quantitative estimate of drug-likeness (QED) is 0.725. The second-order valence-electron chi connectivity index (χ2n) is 4.73. The second-order valence-corrected chi connectivity index (χ2v) is 4.73. The minimum Gasteiger partial charge on any atom is -0.378 e. The van der Waals surface area contributed by atoms with Crippen LogP contribution in [-0.4, -0.2) is 19.3 Å². The summed E-state index contributed by atoms with van der Waals surface area (Å²) < 4.78 is 5.65. The number of hydrogen-bond acceptors (Lipinski definition) is 2. The van der Waals surface area contributed by atoms with Crippen LogP contribution in [0, 0.1) is 11.3 Å². The fourth-order valence-electron chi connectivity index (χ4n) is 3.26.